The van der Waals surface area contributed by atoms with Crippen LogP contribution in [0.15, 0.2) is 36.5 Å². The van der Waals surface area contributed by atoms with Crippen molar-refractivity contribution in [1.29, 1.82) is 0 Å². The molecule has 1 aromatic heterocycles. The third-order valence-corrected chi connectivity index (χ3v) is 3.27. The number of aliphatic hydroxyl groups is 1. The van der Waals surface area contributed by atoms with Gasteiger partial charge in [-0.05, 0) is 18.9 Å². The van der Waals surface area contributed by atoms with E-state index in [0.29, 0.717) is 12.1 Å². The van der Waals surface area contributed by atoms with Gasteiger partial charge in [-0.1, -0.05) is 42.5 Å². The molecule has 0 bridgehead atoms. The Hall–Kier alpha value is -2.21. The first kappa shape index (κ1) is 15.2. The molecule has 2 aromatic rings. The summed E-state index contributed by atoms with van der Waals surface area (Å²) in [6, 6.07) is 9.69. The molecule has 2 N–H and O–H groups in total. The van der Waals surface area contributed by atoms with Crippen molar-refractivity contribution >= 4 is 5.91 Å². The van der Waals surface area contributed by atoms with E-state index in [1.54, 1.807) is 6.20 Å². The monoisotopic (exact) mass is 288 g/mol. The number of nitrogens with zero attached hydrogens (tertiary/aromatic N) is 3. The van der Waals surface area contributed by atoms with E-state index in [2.05, 4.69) is 15.6 Å². The average Bonchev–Trinajstić information content (AvgIpc) is 2.95. The summed E-state index contributed by atoms with van der Waals surface area (Å²) in [5.74, 6) is -0.145. The maximum atomic E-state index is 12.0. The van der Waals surface area contributed by atoms with E-state index >= 15 is 0 Å². The Balaban J connectivity index is 1.91. The second kappa shape index (κ2) is 6.99. The molecule has 0 aliphatic carbocycles. The highest BCUT2D eigenvalue weighted by Crippen LogP contribution is 2.13. The van der Waals surface area contributed by atoms with Crippen LogP contribution in [-0.2, 0) is 11.3 Å². The summed E-state index contributed by atoms with van der Waals surface area (Å²) in [5.41, 5.74) is 1.54. The molecule has 0 fully saturated rings. The quantitative estimate of drug-likeness (QED) is 0.846. The lowest BCUT2D eigenvalue weighted by Gasteiger charge is -2.14. The van der Waals surface area contributed by atoms with Crippen molar-refractivity contribution in [2.75, 3.05) is 0 Å². The van der Waals surface area contributed by atoms with E-state index < -0.39 is 6.10 Å². The molecule has 2 rings (SSSR count). The summed E-state index contributed by atoms with van der Waals surface area (Å²) < 4.78 is 1.43. The van der Waals surface area contributed by atoms with E-state index in [9.17, 15) is 9.90 Å². The summed E-state index contributed by atoms with van der Waals surface area (Å²) in [7, 11) is 0. The number of carbonyl (C=O) groups excluding carboxylic acids is 1. The fraction of sp³-hybridized carbons (Fsp3) is 0.400. The Bertz CT molecular complexity index is 582. The van der Waals surface area contributed by atoms with Gasteiger partial charge < -0.3 is 10.4 Å². The van der Waals surface area contributed by atoms with Crippen LogP contribution in [-0.4, -0.2) is 26.0 Å². The number of aliphatic hydroxyl groups excluding tert-OH is 1. The van der Waals surface area contributed by atoms with Crippen molar-refractivity contribution in [3.05, 3.63) is 47.8 Å². The number of nitrogens with one attached hydrogen (secondary N) is 1. The Morgan fingerprint density at radius 1 is 1.38 bits per heavy atom. The zero-order valence-corrected chi connectivity index (χ0v) is 12.2. The standard InChI is InChI=1S/C15H20N4O2/c1-3-14(20)13-9-19(18-17-13)10-15(21)16-11(2)12-7-5-4-6-8-12/h4-9,11,14,20H,3,10H2,1-2H3,(H,16,21). The molecule has 6 heteroatoms. The van der Waals surface area contributed by atoms with E-state index in [-0.39, 0.29) is 18.5 Å². The van der Waals surface area contributed by atoms with Gasteiger partial charge in [-0.15, -0.1) is 5.10 Å². The van der Waals surface area contributed by atoms with E-state index in [1.807, 2.05) is 44.2 Å². The van der Waals surface area contributed by atoms with Crippen LogP contribution in [0, 0.1) is 0 Å². The van der Waals surface area contributed by atoms with Gasteiger partial charge in [0.05, 0.1) is 18.3 Å². The van der Waals surface area contributed by atoms with Crippen molar-refractivity contribution < 1.29 is 9.90 Å². The smallest absolute Gasteiger partial charge is 0.242 e. The number of hydrogen-bond donors (Lipinski definition) is 2. The molecular formula is C15H20N4O2. The van der Waals surface area contributed by atoms with Crippen LogP contribution in [0.3, 0.4) is 0 Å². The van der Waals surface area contributed by atoms with Crippen LogP contribution >= 0.6 is 0 Å². The molecule has 1 aromatic carbocycles. The largest absolute Gasteiger partial charge is 0.387 e. The second-order valence-corrected chi connectivity index (χ2v) is 4.96. The van der Waals surface area contributed by atoms with Gasteiger partial charge >= 0.3 is 0 Å². The van der Waals surface area contributed by atoms with Gasteiger partial charge in [0.25, 0.3) is 0 Å². The third-order valence-electron chi connectivity index (χ3n) is 3.27. The van der Waals surface area contributed by atoms with Crippen LogP contribution in [0.2, 0.25) is 0 Å². The van der Waals surface area contributed by atoms with Crippen LogP contribution in [0.4, 0.5) is 0 Å². The molecule has 1 heterocycles. The summed E-state index contributed by atoms with van der Waals surface area (Å²) in [5, 5.41) is 20.3. The van der Waals surface area contributed by atoms with Gasteiger partial charge in [-0.25, -0.2) is 4.68 Å². The predicted octanol–water partition coefficient (Wildman–Crippen LogP) is 1.60. The zero-order valence-electron chi connectivity index (χ0n) is 12.2. The van der Waals surface area contributed by atoms with Gasteiger partial charge in [0, 0.05) is 0 Å². The minimum absolute atomic E-state index is 0.0667. The molecule has 2 atom stereocenters. The van der Waals surface area contributed by atoms with Gasteiger partial charge in [0.15, 0.2) is 0 Å². The van der Waals surface area contributed by atoms with Crippen molar-refractivity contribution in [1.82, 2.24) is 20.3 Å². The van der Waals surface area contributed by atoms with Crippen molar-refractivity contribution in [2.24, 2.45) is 0 Å². The lowest BCUT2D eigenvalue weighted by molar-refractivity contribution is -0.122. The zero-order chi connectivity index (χ0) is 15.2. The summed E-state index contributed by atoms with van der Waals surface area (Å²) in [6.07, 6.45) is 1.53. The van der Waals surface area contributed by atoms with Crippen LogP contribution in [0.25, 0.3) is 0 Å². The topological polar surface area (TPSA) is 80.0 Å². The van der Waals surface area contributed by atoms with Crippen LogP contribution < -0.4 is 5.32 Å². The van der Waals surface area contributed by atoms with Crippen molar-refractivity contribution in [2.45, 2.75) is 39.0 Å². The fourth-order valence-corrected chi connectivity index (χ4v) is 2.01. The number of benzene rings is 1. The van der Waals surface area contributed by atoms with Gasteiger partial charge in [0.1, 0.15) is 12.2 Å². The van der Waals surface area contributed by atoms with E-state index in [1.165, 1.54) is 4.68 Å². The van der Waals surface area contributed by atoms with Crippen molar-refractivity contribution in [3.8, 4) is 0 Å². The maximum Gasteiger partial charge on any atom is 0.242 e. The molecular weight excluding hydrogens is 268 g/mol. The number of hydrogen-bond acceptors (Lipinski definition) is 4. The fourth-order valence-electron chi connectivity index (χ4n) is 2.01. The van der Waals surface area contributed by atoms with Gasteiger partial charge in [-0.3, -0.25) is 4.79 Å². The number of rotatable bonds is 6. The molecule has 6 nitrogen and oxygen atoms in total. The van der Waals surface area contributed by atoms with Gasteiger partial charge in [0.2, 0.25) is 5.91 Å². The average molecular weight is 288 g/mol. The Kier molecular flexibility index (Phi) is 5.05. The first-order chi connectivity index (χ1) is 10.1. The highest BCUT2D eigenvalue weighted by Gasteiger charge is 2.13. The Morgan fingerprint density at radius 2 is 2.10 bits per heavy atom. The minimum atomic E-state index is -0.634. The Morgan fingerprint density at radius 3 is 2.76 bits per heavy atom. The summed E-state index contributed by atoms with van der Waals surface area (Å²) in [6.45, 7) is 3.87. The van der Waals surface area contributed by atoms with Crippen molar-refractivity contribution in [3.63, 3.8) is 0 Å². The first-order valence-electron chi connectivity index (χ1n) is 7.02. The molecule has 0 saturated heterocycles. The van der Waals surface area contributed by atoms with Gasteiger partial charge in [-0.2, -0.15) is 0 Å². The summed E-state index contributed by atoms with van der Waals surface area (Å²) in [4.78, 5) is 12.0. The van der Waals surface area contributed by atoms with Crippen LogP contribution in [0.5, 0.6) is 0 Å². The highest BCUT2D eigenvalue weighted by molar-refractivity contribution is 5.76. The summed E-state index contributed by atoms with van der Waals surface area (Å²) >= 11 is 0. The molecule has 1 amide bonds. The number of aromatic nitrogens is 3. The van der Waals surface area contributed by atoms with E-state index in [0.717, 1.165) is 5.56 Å². The maximum absolute atomic E-state index is 12.0. The van der Waals surface area contributed by atoms with E-state index in [4.69, 9.17) is 0 Å². The second-order valence-electron chi connectivity index (χ2n) is 4.96. The number of carbonyl (C=O) groups is 1. The first-order valence-corrected chi connectivity index (χ1v) is 7.02. The highest BCUT2D eigenvalue weighted by atomic mass is 16.3. The predicted molar refractivity (Wildman–Crippen MR) is 78.3 cm³/mol. The SMILES string of the molecule is CCC(O)c1cn(CC(=O)NC(C)c2ccccc2)nn1. The minimum Gasteiger partial charge on any atom is -0.387 e. The number of amides is 1. The molecule has 21 heavy (non-hydrogen) atoms. The molecule has 0 spiro atoms. The molecule has 0 radical (unpaired) electrons. The molecule has 112 valence electrons. The third kappa shape index (κ3) is 4.13. The van der Waals surface area contributed by atoms with Crippen LogP contribution in [0.1, 0.15) is 43.7 Å². The lowest BCUT2D eigenvalue weighted by Crippen LogP contribution is -2.30. The normalized spacial score (nSPS) is 13.7. The molecule has 2 unspecified atom stereocenters. The molecule has 0 aliphatic heterocycles. The molecule has 0 aliphatic rings. The Labute approximate surface area is 123 Å². The lowest BCUT2D eigenvalue weighted by atomic mass is 10.1. The molecule has 0 saturated carbocycles.